The Morgan fingerprint density at radius 2 is 2.29 bits per heavy atom. The van der Waals surface area contributed by atoms with Crippen molar-refractivity contribution in [3.63, 3.8) is 0 Å². The number of hydrogen-bond donors (Lipinski definition) is 1. The van der Waals surface area contributed by atoms with Crippen LogP contribution in [0.4, 0.5) is 0 Å². The summed E-state index contributed by atoms with van der Waals surface area (Å²) in [7, 11) is 0. The number of benzene rings is 1. The van der Waals surface area contributed by atoms with Crippen LogP contribution in [0.1, 0.15) is 36.8 Å². The van der Waals surface area contributed by atoms with Crippen molar-refractivity contribution in [2.75, 3.05) is 0 Å². The lowest BCUT2D eigenvalue weighted by Crippen LogP contribution is -2.27. The van der Waals surface area contributed by atoms with E-state index in [4.69, 9.17) is 17.3 Å². The van der Waals surface area contributed by atoms with Gasteiger partial charge in [0.05, 0.1) is 0 Å². The molecule has 1 nitrogen and oxygen atoms in total. The Labute approximate surface area is 90.3 Å². The van der Waals surface area contributed by atoms with Crippen LogP contribution in [0, 0.1) is 0 Å². The number of rotatable bonds is 1. The Kier molecular flexibility index (Phi) is 2.80. The van der Waals surface area contributed by atoms with E-state index in [0.717, 1.165) is 11.4 Å². The molecule has 0 spiro atoms. The standard InChI is InChI=1S/C12H16ClN/c1-8(14)9-4-2-6-11-10(9)5-3-7-12(11)13/h3,5,7-9H,2,4,6,14H2,1H3. The molecule has 2 unspecified atom stereocenters. The fraction of sp³-hybridized carbons (Fsp3) is 0.500. The molecular formula is C12H16ClN. The van der Waals surface area contributed by atoms with Gasteiger partial charge in [0.15, 0.2) is 0 Å². The maximum Gasteiger partial charge on any atom is 0.0440 e. The number of halogens is 1. The molecule has 14 heavy (non-hydrogen) atoms. The van der Waals surface area contributed by atoms with E-state index in [-0.39, 0.29) is 6.04 Å². The molecule has 1 aromatic rings. The highest BCUT2D eigenvalue weighted by Gasteiger charge is 2.24. The molecule has 0 bridgehead atoms. The van der Waals surface area contributed by atoms with Crippen molar-refractivity contribution in [1.29, 1.82) is 0 Å². The smallest absolute Gasteiger partial charge is 0.0440 e. The molecule has 0 radical (unpaired) electrons. The molecule has 0 saturated heterocycles. The average molecular weight is 210 g/mol. The summed E-state index contributed by atoms with van der Waals surface area (Å²) >= 11 is 6.17. The lowest BCUT2D eigenvalue weighted by atomic mass is 9.79. The summed E-state index contributed by atoms with van der Waals surface area (Å²) in [4.78, 5) is 0. The van der Waals surface area contributed by atoms with Gasteiger partial charge in [-0.15, -0.1) is 0 Å². The van der Waals surface area contributed by atoms with Crippen molar-refractivity contribution < 1.29 is 0 Å². The van der Waals surface area contributed by atoms with E-state index in [1.165, 1.54) is 24.0 Å². The van der Waals surface area contributed by atoms with Crippen molar-refractivity contribution in [3.05, 3.63) is 34.3 Å². The fourth-order valence-electron chi connectivity index (χ4n) is 2.39. The molecular weight excluding hydrogens is 194 g/mol. The maximum atomic E-state index is 6.17. The largest absolute Gasteiger partial charge is 0.327 e. The van der Waals surface area contributed by atoms with Crippen LogP contribution in [0.25, 0.3) is 0 Å². The molecule has 0 aromatic heterocycles. The Hall–Kier alpha value is -0.530. The lowest BCUT2D eigenvalue weighted by Gasteiger charge is -2.28. The Bertz CT molecular complexity index is 333. The summed E-state index contributed by atoms with van der Waals surface area (Å²) in [5.74, 6) is 0.498. The van der Waals surface area contributed by atoms with Gasteiger partial charge >= 0.3 is 0 Å². The molecule has 2 atom stereocenters. The lowest BCUT2D eigenvalue weighted by molar-refractivity contribution is 0.485. The van der Waals surface area contributed by atoms with Gasteiger partial charge < -0.3 is 5.73 Å². The van der Waals surface area contributed by atoms with Crippen molar-refractivity contribution >= 4 is 11.6 Å². The van der Waals surface area contributed by atoms with Crippen LogP contribution in [0.3, 0.4) is 0 Å². The van der Waals surface area contributed by atoms with E-state index >= 15 is 0 Å². The molecule has 0 saturated carbocycles. The topological polar surface area (TPSA) is 26.0 Å². The van der Waals surface area contributed by atoms with Gasteiger partial charge in [0.25, 0.3) is 0 Å². The van der Waals surface area contributed by atoms with Gasteiger partial charge in [0, 0.05) is 11.1 Å². The molecule has 0 heterocycles. The summed E-state index contributed by atoms with van der Waals surface area (Å²) in [6.07, 6.45) is 3.52. The van der Waals surface area contributed by atoms with Crippen molar-refractivity contribution in [2.24, 2.45) is 5.73 Å². The summed E-state index contributed by atoms with van der Waals surface area (Å²) in [6, 6.07) is 6.41. The van der Waals surface area contributed by atoms with Crippen molar-refractivity contribution in [2.45, 2.75) is 38.1 Å². The first kappa shape index (κ1) is 10.0. The van der Waals surface area contributed by atoms with Gasteiger partial charge in [0.1, 0.15) is 0 Å². The Morgan fingerprint density at radius 1 is 1.50 bits per heavy atom. The first-order chi connectivity index (χ1) is 6.70. The summed E-state index contributed by atoms with van der Waals surface area (Å²) in [5.41, 5.74) is 8.68. The predicted molar refractivity (Wildman–Crippen MR) is 60.8 cm³/mol. The zero-order valence-corrected chi connectivity index (χ0v) is 9.22. The molecule has 0 fully saturated rings. The van der Waals surface area contributed by atoms with E-state index in [0.29, 0.717) is 5.92 Å². The monoisotopic (exact) mass is 209 g/mol. The van der Waals surface area contributed by atoms with Crippen molar-refractivity contribution in [1.82, 2.24) is 0 Å². The normalized spacial score (nSPS) is 22.9. The van der Waals surface area contributed by atoms with Crippen LogP contribution >= 0.6 is 11.6 Å². The first-order valence-corrected chi connectivity index (χ1v) is 5.61. The van der Waals surface area contributed by atoms with Crippen LogP contribution in [-0.2, 0) is 6.42 Å². The molecule has 2 rings (SSSR count). The fourth-order valence-corrected chi connectivity index (χ4v) is 2.66. The second-order valence-corrected chi connectivity index (χ2v) is 4.57. The molecule has 2 heteroatoms. The van der Waals surface area contributed by atoms with Crippen LogP contribution in [-0.4, -0.2) is 6.04 Å². The van der Waals surface area contributed by atoms with Crippen LogP contribution < -0.4 is 5.73 Å². The summed E-state index contributed by atoms with van der Waals surface area (Å²) in [6.45, 7) is 2.08. The van der Waals surface area contributed by atoms with E-state index in [1.54, 1.807) is 0 Å². The minimum atomic E-state index is 0.229. The minimum absolute atomic E-state index is 0.229. The van der Waals surface area contributed by atoms with Gasteiger partial charge in [-0.3, -0.25) is 0 Å². The predicted octanol–water partition coefficient (Wildman–Crippen LogP) is 3.11. The third-order valence-electron chi connectivity index (χ3n) is 3.13. The quantitative estimate of drug-likeness (QED) is 0.756. The van der Waals surface area contributed by atoms with Gasteiger partial charge in [-0.2, -0.15) is 0 Å². The molecule has 1 aliphatic rings. The minimum Gasteiger partial charge on any atom is -0.327 e. The van der Waals surface area contributed by atoms with E-state index in [9.17, 15) is 0 Å². The second kappa shape index (κ2) is 3.92. The van der Waals surface area contributed by atoms with E-state index in [2.05, 4.69) is 13.0 Å². The average Bonchev–Trinajstić information content (AvgIpc) is 2.17. The molecule has 76 valence electrons. The van der Waals surface area contributed by atoms with Crippen LogP contribution in [0.15, 0.2) is 18.2 Å². The highest BCUT2D eigenvalue weighted by Crippen LogP contribution is 2.36. The molecule has 0 amide bonds. The third kappa shape index (κ3) is 1.67. The van der Waals surface area contributed by atoms with Gasteiger partial charge in [-0.1, -0.05) is 23.7 Å². The third-order valence-corrected chi connectivity index (χ3v) is 3.49. The maximum absolute atomic E-state index is 6.17. The van der Waals surface area contributed by atoms with Gasteiger partial charge in [0.2, 0.25) is 0 Å². The zero-order valence-electron chi connectivity index (χ0n) is 8.46. The van der Waals surface area contributed by atoms with E-state index < -0.39 is 0 Å². The van der Waals surface area contributed by atoms with Crippen molar-refractivity contribution in [3.8, 4) is 0 Å². The van der Waals surface area contributed by atoms with Gasteiger partial charge in [-0.25, -0.2) is 0 Å². The van der Waals surface area contributed by atoms with Crippen LogP contribution in [0.5, 0.6) is 0 Å². The summed E-state index contributed by atoms with van der Waals surface area (Å²) < 4.78 is 0. The first-order valence-electron chi connectivity index (χ1n) is 5.23. The molecule has 1 aromatic carbocycles. The highest BCUT2D eigenvalue weighted by molar-refractivity contribution is 6.31. The van der Waals surface area contributed by atoms with E-state index in [1.807, 2.05) is 12.1 Å². The Morgan fingerprint density at radius 3 is 3.00 bits per heavy atom. The molecule has 1 aliphatic carbocycles. The Balaban J connectivity index is 2.44. The molecule has 2 N–H and O–H groups in total. The highest BCUT2D eigenvalue weighted by atomic mass is 35.5. The number of hydrogen-bond acceptors (Lipinski definition) is 1. The number of fused-ring (bicyclic) bond motifs is 1. The summed E-state index contributed by atoms with van der Waals surface area (Å²) in [5, 5.41) is 0.910. The SMILES string of the molecule is CC(N)C1CCCc2c(Cl)cccc21. The van der Waals surface area contributed by atoms with Crippen LogP contribution in [0.2, 0.25) is 5.02 Å². The second-order valence-electron chi connectivity index (χ2n) is 4.17. The zero-order chi connectivity index (χ0) is 10.1. The number of nitrogens with two attached hydrogens (primary N) is 1. The molecule has 0 aliphatic heterocycles. The van der Waals surface area contributed by atoms with Gasteiger partial charge in [-0.05, 0) is 49.3 Å².